The number of anilines is 1. The van der Waals surface area contributed by atoms with Crippen LogP contribution in [0.3, 0.4) is 0 Å². The Morgan fingerprint density at radius 1 is 1.04 bits per heavy atom. The van der Waals surface area contributed by atoms with E-state index in [1.54, 1.807) is 25.1 Å². The molecule has 0 bridgehead atoms. The molecule has 26 heavy (non-hydrogen) atoms. The molecule has 5 nitrogen and oxygen atoms in total. The third kappa shape index (κ3) is 3.68. The van der Waals surface area contributed by atoms with Crippen LogP contribution in [0.4, 0.5) is 19.0 Å². The minimum atomic E-state index is -4.51. The van der Waals surface area contributed by atoms with Gasteiger partial charge in [-0.15, -0.1) is 0 Å². The van der Waals surface area contributed by atoms with Crippen LogP contribution in [-0.4, -0.2) is 43.9 Å². The van der Waals surface area contributed by atoms with Crippen LogP contribution in [0.5, 0.6) is 0 Å². The highest BCUT2D eigenvalue weighted by Crippen LogP contribution is 2.35. The molecule has 1 aromatic carbocycles. The van der Waals surface area contributed by atoms with E-state index >= 15 is 0 Å². The van der Waals surface area contributed by atoms with Gasteiger partial charge < -0.3 is 4.90 Å². The standard InChI is InChI=1S/C17H18F3N3O2S/c1-13-4-2-5-14(12-13)26(24,25)23-10-8-22(9-11-23)16-15(17(18,19)20)6-3-7-21-16/h2-7,12H,8-11H2,1H3. The fourth-order valence-electron chi connectivity index (χ4n) is 2.94. The number of piperazine rings is 1. The van der Waals surface area contributed by atoms with Gasteiger partial charge in [-0.2, -0.15) is 17.5 Å². The Hall–Kier alpha value is -2.13. The first-order chi connectivity index (χ1) is 12.2. The van der Waals surface area contributed by atoms with Crippen LogP contribution in [0, 0.1) is 6.92 Å². The van der Waals surface area contributed by atoms with E-state index in [2.05, 4.69) is 4.98 Å². The third-order valence-electron chi connectivity index (χ3n) is 4.26. The van der Waals surface area contributed by atoms with E-state index in [0.717, 1.165) is 11.6 Å². The van der Waals surface area contributed by atoms with Crippen LogP contribution in [0.25, 0.3) is 0 Å². The van der Waals surface area contributed by atoms with Crippen molar-refractivity contribution in [2.45, 2.75) is 18.0 Å². The average molecular weight is 385 g/mol. The van der Waals surface area contributed by atoms with Crippen molar-refractivity contribution in [1.29, 1.82) is 0 Å². The van der Waals surface area contributed by atoms with Gasteiger partial charge in [-0.05, 0) is 36.8 Å². The number of rotatable bonds is 3. The molecule has 0 spiro atoms. The fourth-order valence-corrected chi connectivity index (χ4v) is 4.46. The summed E-state index contributed by atoms with van der Waals surface area (Å²) in [6.45, 7) is 2.29. The molecule has 1 aliphatic heterocycles. The second-order valence-corrected chi connectivity index (χ2v) is 8.02. The molecule has 1 aromatic heterocycles. The van der Waals surface area contributed by atoms with Gasteiger partial charge >= 0.3 is 6.18 Å². The molecule has 0 unspecified atom stereocenters. The maximum atomic E-state index is 13.2. The first-order valence-electron chi connectivity index (χ1n) is 8.03. The van der Waals surface area contributed by atoms with E-state index in [4.69, 9.17) is 0 Å². The monoisotopic (exact) mass is 385 g/mol. The molecule has 0 N–H and O–H groups in total. The maximum absolute atomic E-state index is 13.2. The molecular weight excluding hydrogens is 367 g/mol. The number of alkyl halides is 3. The lowest BCUT2D eigenvalue weighted by Gasteiger charge is -2.35. The highest BCUT2D eigenvalue weighted by Gasteiger charge is 2.37. The summed E-state index contributed by atoms with van der Waals surface area (Å²) < 4.78 is 66.2. The molecule has 0 atom stereocenters. The molecule has 2 aromatic rings. The van der Waals surface area contributed by atoms with Crippen LogP contribution in [-0.2, 0) is 16.2 Å². The molecule has 1 aliphatic rings. The molecule has 0 saturated carbocycles. The molecule has 0 amide bonds. The van der Waals surface area contributed by atoms with Crippen molar-refractivity contribution in [2.24, 2.45) is 0 Å². The molecular formula is C17H18F3N3O2S. The molecule has 2 heterocycles. The Kier molecular flexibility index (Phi) is 4.94. The zero-order valence-electron chi connectivity index (χ0n) is 14.1. The first kappa shape index (κ1) is 18.7. The van der Waals surface area contributed by atoms with Gasteiger partial charge in [-0.1, -0.05) is 12.1 Å². The second-order valence-electron chi connectivity index (χ2n) is 6.08. The maximum Gasteiger partial charge on any atom is 0.419 e. The minimum absolute atomic E-state index is 0.101. The number of nitrogens with zero attached hydrogens (tertiary/aromatic N) is 3. The molecule has 0 aliphatic carbocycles. The number of aryl methyl sites for hydroxylation is 1. The van der Waals surface area contributed by atoms with Gasteiger partial charge in [-0.25, -0.2) is 13.4 Å². The van der Waals surface area contributed by atoms with Crippen LogP contribution in [0.2, 0.25) is 0 Å². The van der Waals surface area contributed by atoms with E-state index in [0.29, 0.717) is 0 Å². The Balaban J connectivity index is 1.78. The summed E-state index contributed by atoms with van der Waals surface area (Å²) in [4.78, 5) is 5.54. The SMILES string of the molecule is Cc1cccc(S(=O)(=O)N2CCN(c3ncccc3C(F)(F)F)CC2)c1. The van der Waals surface area contributed by atoms with E-state index in [-0.39, 0.29) is 36.9 Å². The quantitative estimate of drug-likeness (QED) is 0.815. The second kappa shape index (κ2) is 6.88. The first-order valence-corrected chi connectivity index (χ1v) is 9.47. The van der Waals surface area contributed by atoms with E-state index in [1.165, 1.54) is 27.5 Å². The Labute approximate surface area is 150 Å². The Bertz CT molecular complexity index is 892. The summed E-state index contributed by atoms with van der Waals surface area (Å²) in [5.74, 6) is -0.160. The number of hydrogen-bond acceptors (Lipinski definition) is 4. The van der Waals surface area contributed by atoms with Crippen molar-refractivity contribution in [3.63, 3.8) is 0 Å². The van der Waals surface area contributed by atoms with Crippen molar-refractivity contribution < 1.29 is 21.6 Å². The number of sulfonamides is 1. The zero-order valence-corrected chi connectivity index (χ0v) is 14.9. The van der Waals surface area contributed by atoms with Crippen LogP contribution in [0.15, 0.2) is 47.5 Å². The van der Waals surface area contributed by atoms with Gasteiger partial charge in [0.2, 0.25) is 10.0 Å². The lowest BCUT2D eigenvalue weighted by molar-refractivity contribution is -0.137. The van der Waals surface area contributed by atoms with Crippen molar-refractivity contribution in [3.05, 3.63) is 53.7 Å². The van der Waals surface area contributed by atoms with Gasteiger partial charge in [-0.3, -0.25) is 0 Å². The minimum Gasteiger partial charge on any atom is -0.353 e. The van der Waals surface area contributed by atoms with Crippen LogP contribution < -0.4 is 4.90 Å². The molecule has 3 rings (SSSR count). The van der Waals surface area contributed by atoms with E-state index in [9.17, 15) is 21.6 Å². The normalized spacial score (nSPS) is 16.7. The molecule has 0 radical (unpaired) electrons. The highest BCUT2D eigenvalue weighted by atomic mass is 32.2. The lowest BCUT2D eigenvalue weighted by Crippen LogP contribution is -2.49. The Morgan fingerprint density at radius 3 is 2.35 bits per heavy atom. The van der Waals surface area contributed by atoms with Crippen LogP contribution in [0.1, 0.15) is 11.1 Å². The summed E-state index contributed by atoms with van der Waals surface area (Å²) >= 11 is 0. The number of halogens is 3. The molecule has 9 heteroatoms. The summed E-state index contributed by atoms with van der Waals surface area (Å²) in [6.07, 6.45) is -3.20. The largest absolute Gasteiger partial charge is 0.419 e. The number of hydrogen-bond donors (Lipinski definition) is 0. The summed E-state index contributed by atoms with van der Waals surface area (Å²) in [7, 11) is -3.66. The fraction of sp³-hybridized carbons (Fsp3) is 0.353. The van der Waals surface area contributed by atoms with Crippen molar-refractivity contribution >= 4 is 15.8 Å². The van der Waals surface area contributed by atoms with Gasteiger partial charge in [0.25, 0.3) is 0 Å². The summed E-state index contributed by atoms with van der Waals surface area (Å²) in [5, 5.41) is 0. The van der Waals surface area contributed by atoms with Gasteiger partial charge in [0, 0.05) is 32.4 Å². The zero-order chi connectivity index (χ0) is 18.9. The smallest absolute Gasteiger partial charge is 0.353 e. The highest BCUT2D eigenvalue weighted by molar-refractivity contribution is 7.89. The van der Waals surface area contributed by atoms with Crippen molar-refractivity contribution in [3.8, 4) is 0 Å². The van der Waals surface area contributed by atoms with E-state index < -0.39 is 21.8 Å². The number of aromatic nitrogens is 1. The van der Waals surface area contributed by atoms with Crippen LogP contribution >= 0.6 is 0 Å². The molecule has 1 fully saturated rings. The van der Waals surface area contributed by atoms with Gasteiger partial charge in [0.1, 0.15) is 5.82 Å². The predicted molar refractivity (Wildman–Crippen MR) is 91.4 cm³/mol. The Morgan fingerprint density at radius 2 is 1.73 bits per heavy atom. The van der Waals surface area contributed by atoms with Crippen molar-refractivity contribution in [1.82, 2.24) is 9.29 Å². The number of pyridine rings is 1. The van der Waals surface area contributed by atoms with E-state index in [1.807, 2.05) is 0 Å². The van der Waals surface area contributed by atoms with Crippen molar-refractivity contribution in [2.75, 3.05) is 31.1 Å². The number of benzene rings is 1. The molecule has 1 saturated heterocycles. The average Bonchev–Trinajstić information content (AvgIpc) is 2.61. The topological polar surface area (TPSA) is 53.5 Å². The lowest BCUT2D eigenvalue weighted by atomic mass is 10.2. The third-order valence-corrected chi connectivity index (χ3v) is 6.15. The van der Waals surface area contributed by atoms with Gasteiger partial charge in [0.15, 0.2) is 0 Å². The predicted octanol–water partition coefficient (Wildman–Crippen LogP) is 2.92. The summed E-state index contributed by atoms with van der Waals surface area (Å²) in [5.41, 5.74) is 0.0167. The molecule has 140 valence electrons. The van der Waals surface area contributed by atoms with Gasteiger partial charge in [0.05, 0.1) is 10.5 Å². The summed E-state index contributed by atoms with van der Waals surface area (Å²) in [6, 6.07) is 8.80.